The normalized spacial score (nSPS) is 15.7. The highest BCUT2D eigenvalue weighted by Crippen LogP contribution is 2.33. The first-order valence-electron chi connectivity index (χ1n) is 7.72. The Hall–Kier alpha value is -1.17. The average Bonchev–Trinajstić information content (AvgIpc) is 2.84. The Morgan fingerprint density at radius 2 is 2.09 bits per heavy atom. The Labute approximate surface area is 146 Å². The summed E-state index contributed by atoms with van der Waals surface area (Å²) in [5.41, 5.74) is 0.904. The lowest BCUT2D eigenvalue weighted by Gasteiger charge is -2.31. The highest BCUT2D eigenvalue weighted by Gasteiger charge is 2.26. The van der Waals surface area contributed by atoms with Gasteiger partial charge in [0.25, 0.3) is 5.91 Å². The average molecular weight is 357 g/mol. The van der Waals surface area contributed by atoms with Crippen molar-refractivity contribution in [1.29, 1.82) is 0 Å². The number of hydrogen-bond donors (Lipinski definition) is 1. The first-order valence-corrected chi connectivity index (χ1v) is 8.54. The quantitative estimate of drug-likeness (QED) is 0.906. The second-order valence-corrected chi connectivity index (χ2v) is 7.04. The van der Waals surface area contributed by atoms with Crippen LogP contribution in [0.2, 0.25) is 0 Å². The molecule has 0 bridgehead atoms. The molecule has 1 amide bonds. The molecule has 2 aromatic rings. The molecular formula is C17H22ClFN2OS. The minimum Gasteiger partial charge on any atom is -0.338 e. The summed E-state index contributed by atoms with van der Waals surface area (Å²) in [6, 6.07) is 4.74. The number of thiophene rings is 1. The van der Waals surface area contributed by atoms with Gasteiger partial charge in [-0.15, -0.1) is 23.7 Å². The summed E-state index contributed by atoms with van der Waals surface area (Å²) in [6.45, 7) is 4.56. The number of fused-ring (bicyclic) bond motifs is 1. The van der Waals surface area contributed by atoms with E-state index >= 15 is 0 Å². The summed E-state index contributed by atoms with van der Waals surface area (Å²) in [5.74, 6) is 0.508. The molecule has 23 heavy (non-hydrogen) atoms. The molecule has 0 unspecified atom stereocenters. The van der Waals surface area contributed by atoms with Crippen molar-refractivity contribution in [3.05, 3.63) is 34.5 Å². The lowest BCUT2D eigenvalue weighted by Crippen LogP contribution is -2.40. The molecule has 2 heterocycles. The molecule has 3 nitrogen and oxygen atoms in total. The van der Waals surface area contributed by atoms with E-state index in [4.69, 9.17) is 0 Å². The van der Waals surface area contributed by atoms with Crippen LogP contribution in [0.3, 0.4) is 0 Å². The van der Waals surface area contributed by atoms with Crippen LogP contribution in [0.25, 0.3) is 10.1 Å². The van der Waals surface area contributed by atoms with Crippen LogP contribution in [0.1, 0.15) is 28.1 Å². The lowest BCUT2D eigenvalue weighted by atomic mass is 9.96. The van der Waals surface area contributed by atoms with Crippen molar-refractivity contribution >= 4 is 39.7 Å². The molecule has 1 fully saturated rings. The molecule has 1 saturated heterocycles. The Morgan fingerprint density at radius 3 is 2.74 bits per heavy atom. The first kappa shape index (κ1) is 18.2. The van der Waals surface area contributed by atoms with Gasteiger partial charge in [0.1, 0.15) is 5.82 Å². The minimum absolute atomic E-state index is 0. The van der Waals surface area contributed by atoms with Gasteiger partial charge in [-0.25, -0.2) is 4.39 Å². The summed E-state index contributed by atoms with van der Waals surface area (Å²) in [5, 5.41) is 4.07. The van der Waals surface area contributed by atoms with Crippen LogP contribution in [-0.4, -0.2) is 37.5 Å². The second kappa shape index (κ2) is 7.60. The molecule has 3 rings (SSSR count). The number of hydrogen-bond acceptors (Lipinski definition) is 3. The van der Waals surface area contributed by atoms with Crippen LogP contribution in [0, 0.1) is 18.7 Å². The van der Waals surface area contributed by atoms with Gasteiger partial charge in [-0.2, -0.15) is 0 Å². The van der Waals surface area contributed by atoms with Crippen LogP contribution in [0.15, 0.2) is 18.2 Å². The van der Waals surface area contributed by atoms with Crippen molar-refractivity contribution in [3.8, 4) is 0 Å². The van der Waals surface area contributed by atoms with Gasteiger partial charge in [0.2, 0.25) is 0 Å². The van der Waals surface area contributed by atoms with E-state index in [2.05, 4.69) is 5.32 Å². The van der Waals surface area contributed by atoms with Crippen LogP contribution in [0.4, 0.5) is 4.39 Å². The summed E-state index contributed by atoms with van der Waals surface area (Å²) in [6.07, 6.45) is 2.09. The summed E-state index contributed by atoms with van der Waals surface area (Å²) in [4.78, 5) is 15.5. The van der Waals surface area contributed by atoms with Crippen molar-refractivity contribution in [2.75, 3.05) is 26.7 Å². The van der Waals surface area contributed by atoms with E-state index in [-0.39, 0.29) is 24.1 Å². The third-order valence-electron chi connectivity index (χ3n) is 4.49. The second-order valence-electron chi connectivity index (χ2n) is 5.99. The van der Waals surface area contributed by atoms with Gasteiger partial charge in [-0.3, -0.25) is 4.79 Å². The fraction of sp³-hybridized carbons (Fsp3) is 0.471. The number of nitrogens with one attached hydrogen (secondary N) is 1. The Balaban J connectivity index is 0.00000192. The SMILES string of the molecule is CNCC1CCN(C(=O)c2sc3ccc(F)cc3c2C)CC1.Cl. The molecule has 1 aliphatic rings. The molecule has 0 saturated carbocycles. The van der Waals surface area contributed by atoms with Crippen LogP contribution in [-0.2, 0) is 0 Å². The highest BCUT2D eigenvalue weighted by atomic mass is 35.5. The number of amides is 1. The van der Waals surface area contributed by atoms with E-state index in [0.29, 0.717) is 5.92 Å². The van der Waals surface area contributed by atoms with Crippen LogP contribution in [0.5, 0.6) is 0 Å². The number of aryl methyl sites for hydroxylation is 1. The lowest BCUT2D eigenvalue weighted by molar-refractivity contribution is 0.0695. The first-order chi connectivity index (χ1) is 10.6. The van der Waals surface area contributed by atoms with E-state index in [1.807, 2.05) is 18.9 Å². The molecule has 6 heteroatoms. The number of carbonyl (C=O) groups excluding carboxylic acids is 1. The number of rotatable bonds is 3. The van der Waals surface area contributed by atoms with Crippen molar-refractivity contribution in [1.82, 2.24) is 10.2 Å². The molecule has 0 spiro atoms. The van der Waals surface area contributed by atoms with E-state index in [9.17, 15) is 9.18 Å². The van der Waals surface area contributed by atoms with E-state index in [0.717, 1.165) is 53.0 Å². The van der Waals surface area contributed by atoms with Crippen molar-refractivity contribution in [2.24, 2.45) is 5.92 Å². The molecule has 1 aliphatic heterocycles. The third kappa shape index (κ3) is 3.67. The van der Waals surface area contributed by atoms with Crippen molar-refractivity contribution < 1.29 is 9.18 Å². The molecule has 1 N–H and O–H groups in total. The Morgan fingerprint density at radius 1 is 1.39 bits per heavy atom. The summed E-state index contributed by atoms with van der Waals surface area (Å²) < 4.78 is 14.4. The smallest absolute Gasteiger partial charge is 0.264 e. The van der Waals surface area contributed by atoms with Crippen LogP contribution < -0.4 is 5.32 Å². The zero-order valence-corrected chi connectivity index (χ0v) is 15.0. The minimum atomic E-state index is -0.250. The van der Waals surface area contributed by atoms with E-state index in [1.165, 1.54) is 23.5 Å². The summed E-state index contributed by atoms with van der Waals surface area (Å²) in [7, 11) is 1.97. The predicted octanol–water partition coefficient (Wildman–Crippen LogP) is 3.84. The number of benzene rings is 1. The Kier molecular flexibility index (Phi) is 6.00. The monoisotopic (exact) mass is 356 g/mol. The summed E-state index contributed by atoms with van der Waals surface area (Å²) >= 11 is 1.48. The number of halogens is 2. The largest absolute Gasteiger partial charge is 0.338 e. The highest BCUT2D eigenvalue weighted by molar-refractivity contribution is 7.21. The van der Waals surface area contributed by atoms with Crippen molar-refractivity contribution in [2.45, 2.75) is 19.8 Å². The van der Waals surface area contributed by atoms with Crippen LogP contribution >= 0.6 is 23.7 Å². The number of piperidine rings is 1. The van der Waals surface area contributed by atoms with Gasteiger partial charge in [-0.1, -0.05) is 0 Å². The molecule has 1 aromatic heterocycles. The van der Waals surface area contributed by atoms with Gasteiger partial charge >= 0.3 is 0 Å². The van der Waals surface area contributed by atoms with Gasteiger partial charge in [-0.05, 0) is 68.4 Å². The molecule has 0 radical (unpaired) electrons. The standard InChI is InChI=1S/C17H21FN2OS.ClH/c1-11-14-9-13(18)3-4-15(14)22-16(11)17(21)20-7-5-12(6-8-20)10-19-2;/h3-4,9,12,19H,5-8,10H2,1-2H3;1H. The van der Waals surface area contributed by atoms with E-state index < -0.39 is 0 Å². The Bertz CT molecular complexity index is 695. The van der Waals surface area contributed by atoms with E-state index in [1.54, 1.807) is 6.07 Å². The van der Waals surface area contributed by atoms with Crippen molar-refractivity contribution in [3.63, 3.8) is 0 Å². The molecule has 1 aromatic carbocycles. The van der Waals surface area contributed by atoms with Gasteiger partial charge in [0.05, 0.1) is 4.88 Å². The fourth-order valence-corrected chi connectivity index (χ4v) is 4.33. The number of nitrogens with zero attached hydrogens (tertiary/aromatic N) is 1. The zero-order valence-electron chi connectivity index (χ0n) is 13.4. The third-order valence-corrected chi connectivity index (χ3v) is 5.75. The molecule has 0 aliphatic carbocycles. The maximum absolute atomic E-state index is 13.4. The van der Waals surface area contributed by atoms with Gasteiger partial charge in [0, 0.05) is 17.8 Å². The maximum Gasteiger partial charge on any atom is 0.264 e. The van der Waals surface area contributed by atoms with Gasteiger partial charge < -0.3 is 10.2 Å². The fourth-order valence-electron chi connectivity index (χ4n) is 3.17. The molecule has 126 valence electrons. The maximum atomic E-state index is 13.4. The zero-order chi connectivity index (χ0) is 15.7. The molecular weight excluding hydrogens is 335 g/mol. The topological polar surface area (TPSA) is 32.3 Å². The molecule has 0 atom stereocenters. The number of likely N-dealkylation sites (tertiary alicyclic amines) is 1. The predicted molar refractivity (Wildman–Crippen MR) is 96.3 cm³/mol. The number of carbonyl (C=O) groups is 1. The van der Waals surface area contributed by atoms with Gasteiger partial charge in [0.15, 0.2) is 0 Å².